The number of hydrogen-bond acceptors (Lipinski definition) is 3. The van der Waals surface area contributed by atoms with Crippen molar-refractivity contribution < 1.29 is 18.3 Å². The molecule has 0 aliphatic heterocycles. The van der Waals surface area contributed by atoms with E-state index >= 15 is 0 Å². The van der Waals surface area contributed by atoms with Crippen LogP contribution in [0.4, 0.5) is 24.5 Å². The summed E-state index contributed by atoms with van der Waals surface area (Å²) in [6.07, 6.45) is -4.41. The Bertz CT molecular complexity index is 426. The highest BCUT2D eigenvalue weighted by Crippen LogP contribution is 2.34. The number of aliphatic hydroxyl groups excluding tert-OH is 1. The first-order valence-corrected chi connectivity index (χ1v) is 5.67. The molecule has 0 atom stereocenters. The minimum atomic E-state index is -4.41. The predicted octanol–water partition coefficient (Wildman–Crippen LogP) is 2.94. The van der Waals surface area contributed by atoms with Gasteiger partial charge in [-0.3, -0.25) is 0 Å². The number of nitrogen functional groups attached to an aromatic ring is 1. The van der Waals surface area contributed by atoms with E-state index in [2.05, 4.69) is 0 Å². The summed E-state index contributed by atoms with van der Waals surface area (Å²) < 4.78 is 37.2. The van der Waals surface area contributed by atoms with E-state index in [0.29, 0.717) is 0 Å². The van der Waals surface area contributed by atoms with Gasteiger partial charge in [-0.05, 0) is 12.1 Å². The average Bonchev–Trinajstić information content (AvgIpc) is 2.21. The molecule has 18 heavy (non-hydrogen) atoms. The summed E-state index contributed by atoms with van der Waals surface area (Å²) in [7, 11) is 0. The second-order valence-corrected chi connectivity index (χ2v) is 4.40. The molecule has 8 heteroatoms. The highest BCUT2D eigenvalue weighted by molar-refractivity contribution is 6.42. The molecule has 0 aliphatic rings. The van der Waals surface area contributed by atoms with Gasteiger partial charge >= 0.3 is 6.18 Å². The molecule has 0 saturated heterocycles. The Morgan fingerprint density at radius 1 is 1.22 bits per heavy atom. The number of anilines is 2. The summed E-state index contributed by atoms with van der Waals surface area (Å²) in [5.74, 6) is 0. The Balaban J connectivity index is 3.09. The van der Waals surface area contributed by atoms with Crippen molar-refractivity contribution in [3.8, 4) is 0 Å². The van der Waals surface area contributed by atoms with Crippen LogP contribution < -0.4 is 10.6 Å². The van der Waals surface area contributed by atoms with Gasteiger partial charge in [0.05, 0.1) is 28.0 Å². The quantitative estimate of drug-likeness (QED) is 0.841. The van der Waals surface area contributed by atoms with Gasteiger partial charge in [0.2, 0.25) is 0 Å². The Morgan fingerprint density at radius 3 is 2.28 bits per heavy atom. The maximum Gasteiger partial charge on any atom is 0.405 e. The minimum absolute atomic E-state index is 0.0714. The predicted molar refractivity (Wildman–Crippen MR) is 66.2 cm³/mol. The fraction of sp³-hybridized carbons (Fsp3) is 0.400. The first kappa shape index (κ1) is 15.2. The summed E-state index contributed by atoms with van der Waals surface area (Å²) in [6.45, 7) is -1.87. The molecule has 0 bridgehead atoms. The lowest BCUT2D eigenvalue weighted by Crippen LogP contribution is -2.36. The molecule has 0 fully saturated rings. The number of nitrogens with zero attached hydrogens (tertiary/aromatic N) is 1. The molecular weight excluding hydrogens is 292 g/mol. The molecular formula is C10H11Cl2F3N2O. The van der Waals surface area contributed by atoms with Crippen LogP contribution in [0.25, 0.3) is 0 Å². The molecule has 0 saturated carbocycles. The lowest BCUT2D eigenvalue weighted by molar-refractivity contribution is -0.119. The highest BCUT2D eigenvalue weighted by atomic mass is 35.5. The number of alkyl halides is 3. The standard InChI is InChI=1S/C10H11Cl2F3N2O/c11-6-3-8(16)9(4-7(6)12)17(1-2-18)5-10(13,14)15/h3-4,18H,1-2,5,16H2. The van der Waals surface area contributed by atoms with Crippen molar-refractivity contribution in [3.05, 3.63) is 22.2 Å². The second kappa shape index (κ2) is 5.86. The van der Waals surface area contributed by atoms with Crippen LogP contribution in [0.2, 0.25) is 10.0 Å². The summed E-state index contributed by atoms with van der Waals surface area (Å²) in [6, 6.07) is 2.53. The number of hydrogen-bond donors (Lipinski definition) is 2. The van der Waals surface area contributed by atoms with Crippen LogP contribution in [-0.2, 0) is 0 Å². The van der Waals surface area contributed by atoms with E-state index in [9.17, 15) is 13.2 Å². The van der Waals surface area contributed by atoms with Gasteiger partial charge in [0.1, 0.15) is 6.54 Å². The molecule has 1 aromatic carbocycles. The summed E-state index contributed by atoms with van der Waals surface area (Å²) in [5, 5.41) is 9.06. The third kappa shape index (κ3) is 4.12. The van der Waals surface area contributed by atoms with Crippen LogP contribution in [0.15, 0.2) is 12.1 Å². The Hall–Kier alpha value is -0.850. The van der Waals surface area contributed by atoms with E-state index in [-0.39, 0.29) is 28.0 Å². The maximum absolute atomic E-state index is 12.4. The number of halogens is 5. The summed E-state index contributed by atoms with van der Waals surface area (Å²) >= 11 is 11.4. The fourth-order valence-electron chi connectivity index (χ4n) is 1.45. The van der Waals surface area contributed by atoms with E-state index in [1.807, 2.05) is 0 Å². The smallest absolute Gasteiger partial charge is 0.397 e. The normalized spacial score (nSPS) is 11.7. The van der Waals surface area contributed by atoms with Crippen LogP contribution in [0.5, 0.6) is 0 Å². The molecule has 1 aromatic rings. The number of benzene rings is 1. The third-order valence-corrected chi connectivity index (χ3v) is 2.87. The fourth-order valence-corrected chi connectivity index (χ4v) is 1.78. The van der Waals surface area contributed by atoms with Crippen molar-refractivity contribution in [1.82, 2.24) is 0 Å². The molecule has 0 aliphatic carbocycles. The van der Waals surface area contributed by atoms with Gasteiger partial charge in [0.15, 0.2) is 0 Å². The highest BCUT2D eigenvalue weighted by Gasteiger charge is 2.31. The summed E-state index contributed by atoms with van der Waals surface area (Å²) in [4.78, 5) is 0.900. The van der Waals surface area contributed by atoms with Gasteiger partial charge in [0, 0.05) is 6.54 Å². The Labute approximate surface area is 112 Å². The Kier molecular flexibility index (Phi) is 4.95. The number of aliphatic hydroxyl groups is 1. The van der Waals surface area contributed by atoms with Gasteiger partial charge in [-0.2, -0.15) is 13.2 Å². The topological polar surface area (TPSA) is 49.5 Å². The second-order valence-electron chi connectivity index (χ2n) is 3.59. The third-order valence-electron chi connectivity index (χ3n) is 2.15. The van der Waals surface area contributed by atoms with Gasteiger partial charge in [-0.15, -0.1) is 0 Å². The van der Waals surface area contributed by atoms with E-state index in [1.165, 1.54) is 12.1 Å². The van der Waals surface area contributed by atoms with Crippen molar-refractivity contribution in [3.63, 3.8) is 0 Å². The van der Waals surface area contributed by atoms with Gasteiger partial charge in [-0.25, -0.2) is 0 Å². The van der Waals surface area contributed by atoms with Gasteiger partial charge in [-0.1, -0.05) is 23.2 Å². The van der Waals surface area contributed by atoms with Crippen LogP contribution in [0.3, 0.4) is 0 Å². The molecule has 3 nitrogen and oxygen atoms in total. The molecule has 0 amide bonds. The zero-order chi connectivity index (χ0) is 13.9. The van der Waals surface area contributed by atoms with Crippen LogP contribution >= 0.6 is 23.2 Å². The van der Waals surface area contributed by atoms with Crippen LogP contribution in [-0.4, -0.2) is 31.0 Å². The van der Waals surface area contributed by atoms with Crippen molar-refractivity contribution >= 4 is 34.6 Å². The van der Waals surface area contributed by atoms with E-state index < -0.39 is 19.3 Å². The average molecular weight is 303 g/mol. The summed E-state index contributed by atoms with van der Waals surface area (Å²) in [5.41, 5.74) is 5.77. The molecule has 3 N–H and O–H groups in total. The number of nitrogens with two attached hydrogens (primary N) is 1. The van der Waals surface area contributed by atoms with Crippen molar-refractivity contribution in [2.45, 2.75) is 6.18 Å². The molecule has 0 heterocycles. The largest absolute Gasteiger partial charge is 0.405 e. The molecule has 1 rings (SSSR count). The van der Waals surface area contributed by atoms with Gasteiger partial charge in [0.25, 0.3) is 0 Å². The molecule has 102 valence electrons. The first-order valence-electron chi connectivity index (χ1n) is 4.91. The minimum Gasteiger partial charge on any atom is -0.397 e. The lowest BCUT2D eigenvalue weighted by atomic mass is 10.2. The van der Waals surface area contributed by atoms with Crippen molar-refractivity contribution in [1.29, 1.82) is 0 Å². The monoisotopic (exact) mass is 302 g/mol. The molecule has 0 spiro atoms. The lowest BCUT2D eigenvalue weighted by Gasteiger charge is -2.26. The maximum atomic E-state index is 12.4. The molecule has 0 unspecified atom stereocenters. The number of rotatable bonds is 4. The van der Waals surface area contributed by atoms with Crippen LogP contribution in [0.1, 0.15) is 0 Å². The zero-order valence-electron chi connectivity index (χ0n) is 9.14. The van der Waals surface area contributed by atoms with Crippen molar-refractivity contribution in [2.75, 3.05) is 30.3 Å². The van der Waals surface area contributed by atoms with Crippen LogP contribution in [0, 0.1) is 0 Å². The van der Waals surface area contributed by atoms with E-state index in [0.717, 1.165) is 4.90 Å². The SMILES string of the molecule is Nc1cc(Cl)c(Cl)cc1N(CCO)CC(F)(F)F. The molecule has 0 radical (unpaired) electrons. The van der Waals surface area contributed by atoms with E-state index in [1.54, 1.807) is 0 Å². The van der Waals surface area contributed by atoms with Crippen molar-refractivity contribution in [2.24, 2.45) is 0 Å². The zero-order valence-corrected chi connectivity index (χ0v) is 10.6. The first-order chi connectivity index (χ1) is 8.24. The van der Waals surface area contributed by atoms with E-state index in [4.69, 9.17) is 34.0 Å². The Morgan fingerprint density at radius 2 is 1.78 bits per heavy atom. The molecule has 0 aromatic heterocycles. The van der Waals surface area contributed by atoms with Gasteiger partial charge < -0.3 is 15.7 Å².